The van der Waals surface area contributed by atoms with Crippen LogP contribution in [0.3, 0.4) is 0 Å². The van der Waals surface area contributed by atoms with Gasteiger partial charge < -0.3 is 19.5 Å². The van der Waals surface area contributed by atoms with Gasteiger partial charge in [-0.25, -0.2) is 0 Å². The molecule has 25 heavy (non-hydrogen) atoms. The molecular formula is C19H29NO4S. The highest BCUT2D eigenvalue weighted by Gasteiger charge is 2.21. The van der Waals surface area contributed by atoms with Crippen molar-refractivity contribution in [1.29, 1.82) is 0 Å². The van der Waals surface area contributed by atoms with Gasteiger partial charge in [0.2, 0.25) is 5.91 Å². The van der Waals surface area contributed by atoms with Crippen LogP contribution in [0, 0.1) is 5.92 Å². The van der Waals surface area contributed by atoms with E-state index in [2.05, 4.69) is 26.1 Å². The quantitative estimate of drug-likeness (QED) is 0.763. The molecule has 6 heteroatoms. The first-order chi connectivity index (χ1) is 12.0. The Morgan fingerprint density at radius 2 is 1.96 bits per heavy atom. The molecule has 2 unspecified atom stereocenters. The topological polar surface area (TPSA) is 56.8 Å². The number of nitrogens with one attached hydrogen (secondary N) is 1. The van der Waals surface area contributed by atoms with E-state index in [4.69, 9.17) is 14.2 Å². The molecule has 1 aliphatic rings. The van der Waals surface area contributed by atoms with Crippen LogP contribution < -0.4 is 14.8 Å². The van der Waals surface area contributed by atoms with Crippen LogP contribution in [0.4, 0.5) is 0 Å². The van der Waals surface area contributed by atoms with Crippen LogP contribution >= 0.6 is 11.8 Å². The minimum atomic E-state index is -0.0528. The number of fused-ring (bicyclic) bond motifs is 1. The van der Waals surface area contributed by atoms with Crippen molar-refractivity contribution in [3.05, 3.63) is 23.8 Å². The summed E-state index contributed by atoms with van der Waals surface area (Å²) in [4.78, 5) is 12.4. The van der Waals surface area contributed by atoms with Gasteiger partial charge in [0.1, 0.15) is 0 Å². The third-order valence-electron chi connectivity index (χ3n) is 4.01. The number of thioether (sulfide) groups is 1. The normalized spacial score (nSPS) is 16.2. The maximum atomic E-state index is 12.4. The van der Waals surface area contributed by atoms with E-state index in [0.717, 1.165) is 23.5 Å². The van der Waals surface area contributed by atoms with E-state index in [1.54, 1.807) is 18.9 Å². The van der Waals surface area contributed by atoms with Crippen LogP contribution in [0.5, 0.6) is 11.5 Å². The van der Waals surface area contributed by atoms with Gasteiger partial charge in [-0.05, 0) is 23.6 Å². The largest absolute Gasteiger partial charge is 0.490 e. The predicted octanol–water partition coefficient (Wildman–Crippen LogP) is 3.43. The Kier molecular flexibility index (Phi) is 7.90. The van der Waals surface area contributed by atoms with Crippen molar-refractivity contribution in [1.82, 2.24) is 5.32 Å². The Labute approximate surface area is 154 Å². The molecule has 0 aromatic heterocycles. The second-order valence-corrected chi connectivity index (χ2v) is 8.05. The summed E-state index contributed by atoms with van der Waals surface area (Å²) < 4.78 is 16.6. The first-order valence-corrected chi connectivity index (χ1v) is 9.85. The Morgan fingerprint density at radius 1 is 1.24 bits per heavy atom. The fourth-order valence-corrected chi connectivity index (χ4v) is 3.48. The molecule has 2 rings (SSSR count). The second kappa shape index (κ2) is 9.92. The first-order valence-electron chi connectivity index (χ1n) is 8.80. The number of carbonyl (C=O) groups excluding carboxylic acids is 1. The van der Waals surface area contributed by atoms with Crippen LogP contribution in [0.15, 0.2) is 18.2 Å². The average molecular weight is 368 g/mol. The Hall–Kier alpha value is -1.40. The summed E-state index contributed by atoms with van der Waals surface area (Å²) in [5.41, 5.74) is 1.04. The van der Waals surface area contributed by atoms with Gasteiger partial charge in [-0.1, -0.05) is 26.8 Å². The van der Waals surface area contributed by atoms with E-state index < -0.39 is 0 Å². The summed E-state index contributed by atoms with van der Waals surface area (Å²) in [7, 11) is 1.68. The molecule has 0 fully saturated rings. The number of hydrogen-bond donors (Lipinski definition) is 1. The molecule has 1 heterocycles. The summed E-state index contributed by atoms with van der Waals surface area (Å²) in [5.74, 6) is 2.28. The molecule has 1 amide bonds. The molecule has 0 saturated carbocycles. The van der Waals surface area contributed by atoms with Gasteiger partial charge in [0, 0.05) is 18.8 Å². The lowest BCUT2D eigenvalue weighted by molar-refractivity contribution is -0.119. The third-order valence-corrected chi connectivity index (χ3v) is 5.15. The minimum absolute atomic E-state index is 0.0405. The zero-order chi connectivity index (χ0) is 18.2. The molecule has 0 spiro atoms. The van der Waals surface area contributed by atoms with Gasteiger partial charge in [0.25, 0.3) is 0 Å². The van der Waals surface area contributed by atoms with Crippen LogP contribution in [0.2, 0.25) is 0 Å². The van der Waals surface area contributed by atoms with Gasteiger partial charge in [-0.2, -0.15) is 0 Å². The molecular weight excluding hydrogens is 338 g/mol. The Bertz CT molecular complexity index is 564. The van der Waals surface area contributed by atoms with E-state index >= 15 is 0 Å². The summed E-state index contributed by atoms with van der Waals surface area (Å²) >= 11 is 1.60. The lowest BCUT2D eigenvalue weighted by Gasteiger charge is -2.24. The molecule has 0 aliphatic carbocycles. The van der Waals surface area contributed by atoms with Crippen molar-refractivity contribution in [2.45, 2.75) is 38.5 Å². The molecule has 0 radical (unpaired) electrons. The number of methoxy groups -OCH3 is 1. The third kappa shape index (κ3) is 6.12. The first kappa shape index (κ1) is 19.9. The molecule has 140 valence electrons. The van der Waals surface area contributed by atoms with Crippen LogP contribution in [-0.4, -0.2) is 43.8 Å². The number of benzene rings is 1. The zero-order valence-corrected chi connectivity index (χ0v) is 16.4. The van der Waals surface area contributed by atoms with E-state index in [1.807, 2.05) is 18.2 Å². The van der Waals surface area contributed by atoms with Crippen molar-refractivity contribution in [3.63, 3.8) is 0 Å². The van der Waals surface area contributed by atoms with E-state index in [0.29, 0.717) is 30.8 Å². The molecule has 1 aliphatic heterocycles. The van der Waals surface area contributed by atoms with E-state index in [1.165, 1.54) is 0 Å². The van der Waals surface area contributed by atoms with Gasteiger partial charge in [-0.15, -0.1) is 11.8 Å². The van der Waals surface area contributed by atoms with Crippen molar-refractivity contribution < 1.29 is 19.0 Å². The van der Waals surface area contributed by atoms with Crippen molar-refractivity contribution >= 4 is 17.7 Å². The standard InChI is InChI=1S/C19H29NO4S/c1-13(2)19(20-18(21)12-25-14(3)11-22-4)15-6-7-16-17(10-15)24-9-5-8-23-16/h6-7,10,13-14,19H,5,8-9,11-12H2,1-4H3,(H,20,21). The van der Waals surface area contributed by atoms with Crippen molar-refractivity contribution in [3.8, 4) is 11.5 Å². The molecule has 0 bridgehead atoms. The fraction of sp³-hybridized carbons (Fsp3) is 0.632. The lowest BCUT2D eigenvalue weighted by atomic mass is 9.95. The highest BCUT2D eigenvalue weighted by Crippen LogP contribution is 2.34. The molecule has 2 atom stereocenters. The van der Waals surface area contributed by atoms with Gasteiger partial charge in [-0.3, -0.25) is 4.79 Å². The number of amides is 1. The fourth-order valence-electron chi connectivity index (χ4n) is 2.72. The van der Waals surface area contributed by atoms with Gasteiger partial charge in [0.15, 0.2) is 11.5 Å². The smallest absolute Gasteiger partial charge is 0.230 e. The number of carbonyl (C=O) groups is 1. The van der Waals surface area contributed by atoms with Gasteiger partial charge >= 0.3 is 0 Å². The van der Waals surface area contributed by atoms with Crippen molar-refractivity contribution in [2.75, 3.05) is 32.7 Å². The molecule has 1 N–H and O–H groups in total. The zero-order valence-electron chi connectivity index (χ0n) is 15.5. The maximum Gasteiger partial charge on any atom is 0.230 e. The average Bonchev–Trinajstić information content (AvgIpc) is 2.82. The summed E-state index contributed by atoms with van der Waals surface area (Å²) in [6.07, 6.45) is 0.880. The SMILES string of the molecule is COCC(C)SCC(=O)NC(c1ccc2c(c1)OCCCO2)C(C)C. The van der Waals surface area contributed by atoms with E-state index in [9.17, 15) is 4.79 Å². The monoisotopic (exact) mass is 367 g/mol. The lowest BCUT2D eigenvalue weighted by Crippen LogP contribution is -2.33. The van der Waals surface area contributed by atoms with Crippen molar-refractivity contribution in [2.24, 2.45) is 5.92 Å². The Balaban J connectivity index is 2.02. The molecule has 1 aromatic carbocycles. The Morgan fingerprint density at radius 3 is 2.64 bits per heavy atom. The summed E-state index contributed by atoms with van der Waals surface area (Å²) in [5, 5.41) is 3.45. The second-order valence-electron chi connectivity index (χ2n) is 6.62. The maximum absolute atomic E-state index is 12.4. The van der Waals surface area contributed by atoms with E-state index in [-0.39, 0.29) is 17.9 Å². The van der Waals surface area contributed by atoms with Gasteiger partial charge in [0.05, 0.1) is 31.6 Å². The minimum Gasteiger partial charge on any atom is -0.490 e. The highest BCUT2D eigenvalue weighted by molar-refractivity contribution is 8.00. The molecule has 5 nitrogen and oxygen atoms in total. The summed E-state index contributed by atoms with van der Waals surface area (Å²) in [6.45, 7) is 8.25. The predicted molar refractivity (Wildman–Crippen MR) is 102 cm³/mol. The summed E-state index contributed by atoms with van der Waals surface area (Å²) in [6, 6.07) is 5.89. The molecule has 0 saturated heterocycles. The van der Waals surface area contributed by atoms with Crippen LogP contribution in [-0.2, 0) is 9.53 Å². The number of hydrogen-bond acceptors (Lipinski definition) is 5. The number of rotatable bonds is 8. The van der Waals surface area contributed by atoms with Crippen LogP contribution in [0.25, 0.3) is 0 Å². The highest BCUT2D eigenvalue weighted by atomic mass is 32.2. The van der Waals surface area contributed by atoms with Crippen LogP contribution in [0.1, 0.15) is 38.8 Å². The molecule has 1 aromatic rings. The number of ether oxygens (including phenoxy) is 3.